The molecule has 19 nitrogen and oxygen atoms in total. The predicted molar refractivity (Wildman–Crippen MR) is 350 cm³/mol. The summed E-state index contributed by atoms with van der Waals surface area (Å²) in [6, 6.07) is 20.1. The number of rotatable bonds is 20. The topological polar surface area (TPSA) is 239 Å². The Morgan fingerprint density at radius 3 is 1.42 bits per heavy atom. The Morgan fingerprint density at radius 2 is 1.01 bits per heavy atom. The molecule has 4 aromatic carbocycles. The number of anilines is 8. The number of carbonyl (C=O) groups excluding carboxylic acids is 2. The van der Waals surface area contributed by atoms with Crippen molar-refractivity contribution in [2.24, 2.45) is 5.92 Å². The minimum atomic E-state index is -4.88. The number of carbonyl (C=O) groups is 2. The Balaban J connectivity index is 0.000000213. The first kappa shape index (κ1) is 67.5. The van der Waals surface area contributed by atoms with Crippen LogP contribution in [0.5, 0.6) is 11.5 Å². The van der Waals surface area contributed by atoms with Gasteiger partial charge in [-0.25, -0.2) is 26.8 Å². The van der Waals surface area contributed by atoms with Crippen molar-refractivity contribution in [1.82, 2.24) is 35.1 Å². The average molecular weight is 1320 g/mol. The number of benzene rings is 4. The van der Waals surface area contributed by atoms with Gasteiger partial charge in [0, 0.05) is 32.1 Å². The number of aromatic nitrogens is 4. The number of hydrogen-bond acceptors (Lipinski definition) is 17. The summed E-state index contributed by atoms with van der Waals surface area (Å²) in [7, 11) is -8.43. The number of nitrogens with zero attached hydrogens (tertiary/aromatic N) is 6. The lowest BCUT2D eigenvalue weighted by molar-refractivity contribution is -0.136. The van der Waals surface area contributed by atoms with Crippen LogP contribution in [-0.4, -0.2) is 120 Å². The van der Waals surface area contributed by atoms with Gasteiger partial charge in [0.2, 0.25) is 33.5 Å². The molecule has 6 aromatic rings. The molecule has 10 rings (SSSR count). The quantitative estimate of drug-likeness (QED) is 0.0477. The van der Waals surface area contributed by atoms with Crippen molar-refractivity contribution < 1.29 is 44.7 Å². The third kappa shape index (κ3) is 16.2. The van der Waals surface area contributed by atoms with Crippen molar-refractivity contribution in [2.75, 3.05) is 54.0 Å². The summed E-state index contributed by atoms with van der Waals surface area (Å²) in [5.74, 6) is -0.227. The maximum Gasteiger partial charge on any atom is 0.341 e. The summed E-state index contributed by atoms with van der Waals surface area (Å²) in [6.45, 7) is 19.1. The van der Waals surface area contributed by atoms with Crippen LogP contribution >= 0.6 is 23.2 Å². The molecule has 1 aliphatic carbocycles. The lowest BCUT2D eigenvalue weighted by Crippen LogP contribution is -2.46. The first-order chi connectivity index (χ1) is 42.9. The number of likely N-dealkylation sites (tertiary alicyclic amines) is 2. The van der Waals surface area contributed by atoms with Crippen LogP contribution in [0.15, 0.2) is 95.0 Å². The monoisotopic (exact) mass is 1320 g/mol. The van der Waals surface area contributed by atoms with Crippen LogP contribution in [0.25, 0.3) is 0 Å². The van der Waals surface area contributed by atoms with E-state index in [-0.39, 0.29) is 80.2 Å². The van der Waals surface area contributed by atoms with Gasteiger partial charge in [0.1, 0.15) is 21.5 Å². The van der Waals surface area contributed by atoms with Crippen LogP contribution < -0.4 is 36.1 Å². The maximum atomic E-state index is 13.3. The highest BCUT2D eigenvalue weighted by molar-refractivity contribution is 7.92. The molecule has 0 bridgehead atoms. The van der Waals surface area contributed by atoms with E-state index >= 15 is 0 Å². The SMILES string of the molecule is Cc1cc(Nc2ncc(Cl)c(Nc3ccccc3S(=O)(=O)C(C)C)n2)c(OC(C)C)cc1C1CCN(C(=O)C2CCCC2)CC1.Cc1cc(Nc2ncc(Cl)c(Nc3ccccc3S(=O)(=O)C(F)F)n2)c(OC(C)C)cc1C1CCN(C(=O)[C@@H]2CCCN2)CC1. The molecule has 90 heavy (non-hydrogen) atoms. The fraction of sp³-hybridized carbons (Fsp3) is 0.477. The first-order valence-electron chi connectivity index (χ1n) is 30.9. The van der Waals surface area contributed by atoms with E-state index in [2.05, 4.69) is 70.5 Å². The molecule has 0 spiro atoms. The zero-order chi connectivity index (χ0) is 64.6. The van der Waals surface area contributed by atoms with Gasteiger partial charge in [-0.2, -0.15) is 18.7 Å². The van der Waals surface area contributed by atoms with E-state index in [4.69, 9.17) is 32.7 Å². The highest BCUT2D eigenvalue weighted by atomic mass is 35.5. The second-order valence-electron chi connectivity index (χ2n) is 24.2. The van der Waals surface area contributed by atoms with Gasteiger partial charge >= 0.3 is 5.76 Å². The van der Waals surface area contributed by atoms with Gasteiger partial charge < -0.3 is 45.9 Å². The lowest BCUT2D eigenvalue weighted by Gasteiger charge is -2.34. The number of para-hydroxylation sites is 2. The van der Waals surface area contributed by atoms with Crippen molar-refractivity contribution in [2.45, 2.75) is 170 Å². The van der Waals surface area contributed by atoms with E-state index in [1.165, 1.54) is 49.0 Å². The Morgan fingerprint density at radius 1 is 0.578 bits per heavy atom. The van der Waals surface area contributed by atoms with Gasteiger partial charge in [-0.3, -0.25) is 9.59 Å². The van der Waals surface area contributed by atoms with E-state index in [1.807, 2.05) is 51.7 Å². The number of alkyl halides is 2. The molecule has 2 amide bonds. The van der Waals surface area contributed by atoms with E-state index in [0.29, 0.717) is 47.8 Å². The minimum Gasteiger partial charge on any atom is -0.489 e. The molecule has 3 saturated heterocycles. The van der Waals surface area contributed by atoms with Crippen LogP contribution in [0.2, 0.25) is 10.0 Å². The van der Waals surface area contributed by atoms with E-state index < -0.39 is 35.6 Å². The summed E-state index contributed by atoms with van der Waals surface area (Å²) >= 11 is 12.8. The number of nitrogens with one attached hydrogen (secondary N) is 5. The minimum absolute atomic E-state index is 0.0277. The number of piperidine rings is 2. The fourth-order valence-corrected chi connectivity index (χ4v) is 14.4. The van der Waals surface area contributed by atoms with Gasteiger partial charge in [-0.15, -0.1) is 0 Å². The lowest BCUT2D eigenvalue weighted by atomic mass is 9.86. The van der Waals surface area contributed by atoms with E-state index in [1.54, 1.807) is 38.1 Å². The summed E-state index contributed by atoms with van der Waals surface area (Å²) in [4.78, 5) is 47.2. The molecule has 3 aliphatic heterocycles. The third-order valence-corrected chi connectivity index (χ3v) is 20.9. The van der Waals surface area contributed by atoms with Gasteiger partial charge in [0.15, 0.2) is 21.5 Å². The van der Waals surface area contributed by atoms with Crippen molar-refractivity contribution in [3.05, 3.63) is 117 Å². The predicted octanol–water partition coefficient (Wildman–Crippen LogP) is 14.0. The second-order valence-corrected chi connectivity index (χ2v) is 29.4. The zero-order valence-electron chi connectivity index (χ0n) is 52.1. The fourth-order valence-electron chi connectivity index (χ4n) is 12.1. The second kappa shape index (κ2) is 29.6. The van der Waals surface area contributed by atoms with E-state index in [9.17, 15) is 35.2 Å². The van der Waals surface area contributed by atoms with Crippen LogP contribution in [0.4, 0.5) is 55.1 Å². The number of hydrogen-bond donors (Lipinski definition) is 5. The number of amides is 2. The smallest absolute Gasteiger partial charge is 0.341 e. The summed E-state index contributed by atoms with van der Waals surface area (Å²) in [6.07, 6.45) is 12.5. The molecule has 1 saturated carbocycles. The standard InChI is InChI=1S/C34H44ClN5O4S.C31H37ClF2N6O4S/c1-21(2)44-30-19-26(24-14-16-40(17-15-24)33(41)25-10-6-7-11-25)23(5)18-29(30)38-34-36-20-27(35)32(39-34)37-28-12-8-9-13-31(28)45(42,43)22(3)4;1-18(2)44-26-16-21(20-10-13-40(14-11-20)29(41)24-8-6-12-35-24)19(3)15-25(26)38-31-36-17-22(32)28(39-31)37-23-7-4-5-9-27(23)45(42,43)30(33)34/h8-9,12-13,18-22,24-25H,6-7,10-11,14-17H2,1-5H3,(H2,36,37,38,39);4-5,7,9,15-18,20,24,30,35H,6,8,10-14H2,1-3H3,(H2,36,37,38,39)/t;24-/m.0/s1. The number of sulfone groups is 2. The van der Waals surface area contributed by atoms with Crippen molar-refractivity contribution in [3.63, 3.8) is 0 Å². The Labute approximate surface area is 537 Å². The molecule has 0 unspecified atom stereocenters. The number of ether oxygens (including phenoxy) is 2. The van der Waals surface area contributed by atoms with Crippen molar-refractivity contribution >= 4 is 101 Å². The van der Waals surface area contributed by atoms with Gasteiger partial charge in [0.25, 0.3) is 0 Å². The largest absolute Gasteiger partial charge is 0.489 e. The Kier molecular flexibility index (Phi) is 22.2. The van der Waals surface area contributed by atoms with Crippen LogP contribution in [0.1, 0.15) is 140 Å². The van der Waals surface area contributed by atoms with Crippen molar-refractivity contribution in [1.29, 1.82) is 0 Å². The van der Waals surface area contributed by atoms with E-state index in [0.717, 1.165) is 99.4 Å². The molecule has 2 aromatic heterocycles. The molecule has 25 heteroatoms. The maximum absolute atomic E-state index is 13.3. The zero-order valence-corrected chi connectivity index (χ0v) is 55.2. The number of halogens is 4. The third-order valence-electron chi connectivity index (χ3n) is 16.7. The summed E-state index contributed by atoms with van der Waals surface area (Å²) in [5, 5.41) is 15.4. The summed E-state index contributed by atoms with van der Waals surface area (Å²) in [5.41, 5.74) is 6.15. The Hall–Kier alpha value is -6.92. The van der Waals surface area contributed by atoms with Crippen LogP contribution in [0, 0.1) is 19.8 Å². The highest BCUT2D eigenvalue weighted by Crippen LogP contribution is 2.42. The summed E-state index contributed by atoms with van der Waals surface area (Å²) < 4.78 is 89.5. The number of aryl methyl sites for hydroxylation is 2. The Bertz CT molecular complexity index is 3520. The van der Waals surface area contributed by atoms with Gasteiger partial charge in [-0.05, 0) is 196 Å². The molecular formula is C65H81Cl2F2N11O8S2. The van der Waals surface area contributed by atoms with Gasteiger partial charge in [0.05, 0.1) is 68.4 Å². The molecule has 5 N–H and O–H groups in total. The molecule has 4 fully saturated rings. The van der Waals surface area contributed by atoms with Crippen LogP contribution in [-0.2, 0) is 29.3 Å². The van der Waals surface area contributed by atoms with Crippen molar-refractivity contribution in [3.8, 4) is 11.5 Å². The highest BCUT2D eigenvalue weighted by Gasteiger charge is 2.34. The normalized spacial score (nSPS) is 17.0. The molecule has 1 atom stereocenters. The average Bonchev–Trinajstić information content (AvgIpc) is 1.08. The molecule has 0 radical (unpaired) electrons. The molecular weight excluding hydrogens is 1240 g/mol. The van der Waals surface area contributed by atoms with Gasteiger partial charge in [-0.1, -0.05) is 60.3 Å². The first-order valence-corrected chi connectivity index (χ1v) is 34.7. The molecule has 5 heterocycles. The van der Waals surface area contributed by atoms with Crippen LogP contribution in [0.3, 0.4) is 0 Å². The molecule has 484 valence electrons. The molecule has 4 aliphatic rings.